The molecule has 0 spiro atoms. The van der Waals surface area contributed by atoms with Gasteiger partial charge in [0, 0.05) is 42.7 Å². The molecule has 17 heavy (non-hydrogen) atoms. The number of hydrogen-bond acceptors (Lipinski definition) is 4. The molecule has 0 N–H and O–H groups in total. The summed E-state index contributed by atoms with van der Waals surface area (Å²) in [5, 5.41) is 4.25. The molecule has 1 aliphatic heterocycles. The summed E-state index contributed by atoms with van der Waals surface area (Å²) in [4.78, 5) is 4.10. The largest absolute Gasteiger partial charge is 0.497 e. The lowest BCUT2D eigenvalue weighted by Crippen LogP contribution is -2.47. The number of hydrogen-bond donors (Lipinski definition) is 0. The van der Waals surface area contributed by atoms with Crippen LogP contribution < -0.4 is 5.46 Å². The standard InChI is InChI=1S/C11H14BN3O2/c1-11(2)7-16-12(17-8-11)9-5-14-15-4-3-13-6-10(9)15/h3-6H,7-8H2,1-2H3. The first kappa shape index (κ1) is 10.7. The molecule has 1 fully saturated rings. The van der Waals surface area contributed by atoms with E-state index >= 15 is 0 Å². The van der Waals surface area contributed by atoms with E-state index in [0.29, 0.717) is 13.2 Å². The Morgan fingerprint density at radius 3 is 2.82 bits per heavy atom. The van der Waals surface area contributed by atoms with E-state index in [9.17, 15) is 0 Å². The molecule has 3 heterocycles. The molecule has 0 aromatic carbocycles. The van der Waals surface area contributed by atoms with Crippen molar-refractivity contribution in [1.82, 2.24) is 14.6 Å². The third kappa shape index (κ3) is 1.94. The Bertz CT molecular complexity index is 530. The monoisotopic (exact) mass is 231 g/mol. The average Bonchev–Trinajstić information content (AvgIpc) is 2.73. The van der Waals surface area contributed by atoms with E-state index in [1.165, 1.54) is 0 Å². The molecule has 0 bridgehead atoms. The molecule has 3 rings (SSSR count). The van der Waals surface area contributed by atoms with Gasteiger partial charge >= 0.3 is 7.12 Å². The zero-order valence-corrected chi connectivity index (χ0v) is 9.96. The van der Waals surface area contributed by atoms with E-state index in [4.69, 9.17) is 9.31 Å². The third-order valence-corrected chi connectivity index (χ3v) is 2.86. The molecule has 0 atom stereocenters. The van der Waals surface area contributed by atoms with Gasteiger partial charge in [-0.2, -0.15) is 5.10 Å². The minimum atomic E-state index is -0.329. The Hall–Kier alpha value is -1.40. The fraction of sp³-hybridized carbons (Fsp3) is 0.455. The fourth-order valence-corrected chi connectivity index (χ4v) is 1.91. The molecule has 0 radical (unpaired) electrons. The molecule has 5 nitrogen and oxygen atoms in total. The van der Waals surface area contributed by atoms with Crippen molar-refractivity contribution in [3.8, 4) is 0 Å². The van der Waals surface area contributed by atoms with Gasteiger partial charge in [-0.1, -0.05) is 13.8 Å². The number of fused-ring (bicyclic) bond motifs is 1. The predicted molar refractivity (Wildman–Crippen MR) is 64.1 cm³/mol. The highest BCUT2D eigenvalue weighted by Crippen LogP contribution is 2.21. The van der Waals surface area contributed by atoms with Crippen LogP contribution in [0.1, 0.15) is 13.8 Å². The summed E-state index contributed by atoms with van der Waals surface area (Å²) in [7, 11) is -0.329. The summed E-state index contributed by atoms with van der Waals surface area (Å²) in [5.74, 6) is 0. The van der Waals surface area contributed by atoms with Crippen LogP contribution in [0.4, 0.5) is 0 Å². The van der Waals surface area contributed by atoms with Crippen LogP contribution in [0.3, 0.4) is 0 Å². The SMILES string of the molecule is CC1(C)COB(c2cnn3ccncc23)OC1. The Morgan fingerprint density at radius 2 is 2.06 bits per heavy atom. The Kier molecular flexibility index (Phi) is 2.41. The van der Waals surface area contributed by atoms with Gasteiger partial charge in [-0.25, -0.2) is 4.52 Å². The molecule has 1 aliphatic rings. The van der Waals surface area contributed by atoms with Crippen molar-refractivity contribution in [2.24, 2.45) is 5.41 Å². The van der Waals surface area contributed by atoms with Crippen LogP contribution in [0, 0.1) is 5.41 Å². The van der Waals surface area contributed by atoms with Crippen LogP contribution in [0.2, 0.25) is 0 Å². The molecule has 2 aromatic rings. The third-order valence-electron chi connectivity index (χ3n) is 2.86. The second-order valence-corrected chi connectivity index (χ2v) is 5.12. The smallest absolute Gasteiger partial charge is 0.407 e. The minimum absolute atomic E-state index is 0.0811. The highest BCUT2D eigenvalue weighted by atomic mass is 16.6. The van der Waals surface area contributed by atoms with Crippen molar-refractivity contribution in [2.45, 2.75) is 13.8 Å². The Labute approximate surface area is 99.9 Å². The molecule has 1 saturated heterocycles. The van der Waals surface area contributed by atoms with Crippen molar-refractivity contribution < 1.29 is 9.31 Å². The zero-order valence-electron chi connectivity index (χ0n) is 9.96. The van der Waals surface area contributed by atoms with E-state index in [-0.39, 0.29) is 12.5 Å². The van der Waals surface area contributed by atoms with Gasteiger partial charge in [0.1, 0.15) is 0 Å². The second kappa shape index (κ2) is 3.82. The van der Waals surface area contributed by atoms with Gasteiger partial charge in [0.25, 0.3) is 0 Å². The van der Waals surface area contributed by atoms with Crippen molar-refractivity contribution >= 4 is 18.1 Å². The zero-order chi connectivity index (χ0) is 11.9. The number of nitrogens with zero attached hydrogens (tertiary/aromatic N) is 3. The van der Waals surface area contributed by atoms with Crippen LogP contribution in [0.25, 0.3) is 5.52 Å². The van der Waals surface area contributed by atoms with Gasteiger partial charge in [0.05, 0.1) is 11.7 Å². The summed E-state index contributed by atoms with van der Waals surface area (Å²) < 4.78 is 13.3. The molecule has 88 valence electrons. The summed E-state index contributed by atoms with van der Waals surface area (Å²) in [6.07, 6.45) is 7.07. The van der Waals surface area contributed by atoms with Crippen molar-refractivity contribution in [3.05, 3.63) is 24.8 Å². The van der Waals surface area contributed by atoms with Gasteiger partial charge in [-0.05, 0) is 0 Å². The summed E-state index contributed by atoms with van der Waals surface area (Å²) in [5.41, 5.74) is 1.95. The highest BCUT2D eigenvalue weighted by molar-refractivity contribution is 6.63. The van der Waals surface area contributed by atoms with Crippen LogP contribution >= 0.6 is 0 Å². The maximum Gasteiger partial charge on any atom is 0.497 e. The quantitative estimate of drug-likeness (QED) is 0.670. The summed E-state index contributed by atoms with van der Waals surface area (Å²) in [6.45, 7) is 5.63. The van der Waals surface area contributed by atoms with E-state index in [2.05, 4.69) is 23.9 Å². The van der Waals surface area contributed by atoms with Crippen LogP contribution in [0.15, 0.2) is 24.8 Å². The first-order chi connectivity index (χ1) is 8.16. The van der Waals surface area contributed by atoms with Gasteiger partial charge in [0.15, 0.2) is 0 Å². The van der Waals surface area contributed by atoms with E-state index in [1.807, 2.05) is 6.20 Å². The first-order valence-corrected chi connectivity index (χ1v) is 5.66. The lowest BCUT2D eigenvalue weighted by Gasteiger charge is -2.32. The highest BCUT2D eigenvalue weighted by Gasteiger charge is 2.35. The molecular formula is C11H14BN3O2. The van der Waals surface area contributed by atoms with Gasteiger partial charge in [0.2, 0.25) is 0 Å². The fourth-order valence-electron chi connectivity index (χ4n) is 1.91. The average molecular weight is 231 g/mol. The molecule has 6 heteroatoms. The van der Waals surface area contributed by atoms with Crippen LogP contribution in [-0.4, -0.2) is 34.9 Å². The maximum atomic E-state index is 5.74. The molecule has 0 aliphatic carbocycles. The maximum absolute atomic E-state index is 5.74. The molecule has 2 aromatic heterocycles. The predicted octanol–water partition coefficient (Wildman–Crippen LogP) is 0.497. The van der Waals surface area contributed by atoms with Crippen molar-refractivity contribution in [3.63, 3.8) is 0 Å². The normalized spacial score (nSPS) is 19.8. The van der Waals surface area contributed by atoms with Crippen LogP contribution in [-0.2, 0) is 9.31 Å². The summed E-state index contributed by atoms with van der Waals surface area (Å²) >= 11 is 0. The van der Waals surface area contributed by atoms with E-state index in [0.717, 1.165) is 11.0 Å². The first-order valence-electron chi connectivity index (χ1n) is 5.66. The second-order valence-electron chi connectivity index (χ2n) is 5.12. The van der Waals surface area contributed by atoms with Gasteiger partial charge in [-0.15, -0.1) is 0 Å². The molecule has 0 amide bonds. The number of aromatic nitrogens is 3. The van der Waals surface area contributed by atoms with Crippen molar-refractivity contribution in [1.29, 1.82) is 0 Å². The lowest BCUT2D eigenvalue weighted by molar-refractivity contribution is 0.0344. The van der Waals surface area contributed by atoms with Crippen LogP contribution in [0.5, 0.6) is 0 Å². The van der Waals surface area contributed by atoms with E-state index < -0.39 is 0 Å². The minimum Gasteiger partial charge on any atom is -0.407 e. The molecular weight excluding hydrogens is 217 g/mol. The Balaban J connectivity index is 1.90. The lowest BCUT2D eigenvalue weighted by atomic mass is 9.77. The topological polar surface area (TPSA) is 48.7 Å². The van der Waals surface area contributed by atoms with Gasteiger partial charge in [-0.3, -0.25) is 4.98 Å². The Morgan fingerprint density at radius 1 is 1.29 bits per heavy atom. The molecule has 0 unspecified atom stereocenters. The molecule has 0 saturated carbocycles. The summed E-state index contributed by atoms with van der Waals surface area (Å²) in [6, 6.07) is 0. The van der Waals surface area contributed by atoms with Gasteiger partial charge < -0.3 is 9.31 Å². The van der Waals surface area contributed by atoms with Crippen molar-refractivity contribution in [2.75, 3.05) is 13.2 Å². The number of rotatable bonds is 1. The van der Waals surface area contributed by atoms with E-state index in [1.54, 1.807) is 23.1 Å².